The highest BCUT2D eigenvalue weighted by Crippen LogP contribution is 2.31. The number of rotatable bonds is 6. The Labute approximate surface area is 258 Å². The molecular formula is C41H30N2Si. The molecule has 0 N–H and O–H groups in total. The van der Waals surface area contributed by atoms with E-state index in [1.54, 1.807) is 0 Å². The van der Waals surface area contributed by atoms with Gasteiger partial charge < -0.3 is 4.57 Å². The minimum Gasteiger partial charge on any atom is -0.309 e. The first-order valence-corrected chi connectivity index (χ1v) is 17.1. The summed E-state index contributed by atoms with van der Waals surface area (Å²) in [6, 6.07) is 62.1. The van der Waals surface area contributed by atoms with E-state index in [0.717, 1.165) is 16.6 Å². The van der Waals surface area contributed by atoms with Gasteiger partial charge in [0.25, 0.3) is 0 Å². The summed E-state index contributed by atoms with van der Waals surface area (Å²) in [4.78, 5) is 4.57. The van der Waals surface area contributed by atoms with Gasteiger partial charge in [-0.3, -0.25) is 4.98 Å². The van der Waals surface area contributed by atoms with Crippen LogP contribution in [0.1, 0.15) is 0 Å². The fourth-order valence-corrected chi connectivity index (χ4v) is 11.6. The van der Waals surface area contributed by atoms with Crippen LogP contribution in [0.15, 0.2) is 182 Å². The van der Waals surface area contributed by atoms with E-state index < -0.39 is 8.07 Å². The highest BCUT2D eigenvalue weighted by molar-refractivity contribution is 7.20. The first-order chi connectivity index (χ1) is 21.8. The molecule has 0 aliphatic carbocycles. The van der Waals surface area contributed by atoms with Crippen LogP contribution in [0, 0.1) is 0 Å². The van der Waals surface area contributed by atoms with Crippen LogP contribution in [0.5, 0.6) is 0 Å². The maximum Gasteiger partial charge on any atom is 0.179 e. The normalized spacial score (nSPS) is 11.6. The standard InChI is InChI=1S/C41H30N2Si/c1-5-13-31(14-6-1)32-21-23-36(24-22-32)44(34-17-9-3-10-18-34,35-19-11-4-12-20-35)37-25-26-40-38(29-37)39-30-42-28-27-41(39)43(40)33-15-7-2-8-16-33/h1-30H. The van der Waals surface area contributed by atoms with Crippen LogP contribution in [0.2, 0.25) is 0 Å². The third kappa shape index (κ3) is 4.21. The van der Waals surface area contributed by atoms with E-state index in [2.05, 4.69) is 179 Å². The van der Waals surface area contributed by atoms with Gasteiger partial charge in [-0.1, -0.05) is 146 Å². The number of hydrogen-bond donors (Lipinski definition) is 0. The van der Waals surface area contributed by atoms with Crippen molar-refractivity contribution in [3.8, 4) is 16.8 Å². The van der Waals surface area contributed by atoms with Crippen molar-refractivity contribution in [2.75, 3.05) is 0 Å². The number of nitrogens with zero attached hydrogens (tertiary/aromatic N) is 2. The molecule has 8 rings (SSSR count). The Morgan fingerprint density at radius 3 is 1.55 bits per heavy atom. The second-order valence-corrected chi connectivity index (χ2v) is 15.0. The molecule has 0 saturated heterocycles. The lowest BCUT2D eigenvalue weighted by Gasteiger charge is -2.34. The molecule has 8 aromatic rings. The molecule has 0 unspecified atom stereocenters. The summed E-state index contributed by atoms with van der Waals surface area (Å²) in [6.45, 7) is 0. The molecule has 0 aliphatic rings. The van der Waals surface area contributed by atoms with Crippen molar-refractivity contribution >= 4 is 50.6 Å². The Morgan fingerprint density at radius 2 is 0.909 bits per heavy atom. The highest BCUT2D eigenvalue weighted by atomic mass is 28.3. The molecule has 3 heteroatoms. The first-order valence-electron chi connectivity index (χ1n) is 15.1. The van der Waals surface area contributed by atoms with Crippen molar-refractivity contribution < 1.29 is 0 Å². The zero-order valence-electron chi connectivity index (χ0n) is 24.2. The van der Waals surface area contributed by atoms with Gasteiger partial charge in [0.2, 0.25) is 0 Å². The largest absolute Gasteiger partial charge is 0.309 e. The summed E-state index contributed by atoms with van der Waals surface area (Å²) in [5.74, 6) is 0. The van der Waals surface area contributed by atoms with Crippen LogP contribution in [-0.4, -0.2) is 17.6 Å². The summed E-state index contributed by atoms with van der Waals surface area (Å²) in [7, 11) is -2.73. The van der Waals surface area contributed by atoms with E-state index >= 15 is 0 Å². The molecule has 0 radical (unpaired) electrons. The Balaban J connectivity index is 1.44. The van der Waals surface area contributed by atoms with Crippen molar-refractivity contribution in [3.63, 3.8) is 0 Å². The van der Waals surface area contributed by atoms with Crippen LogP contribution in [0.4, 0.5) is 0 Å². The van der Waals surface area contributed by atoms with Crippen molar-refractivity contribution in [1.82, 2.24) is 9.55 Å². The number of pyridine rings is 1. The van der Waals surface area contributed by atoms with E-state index in [9.17, 15) is 0 Å². The molecule has 0 fully saturated rings. The SMILES string of the molecule is c1ccc(-c2ccc([Si](c3ccccc3)(c3ccccc3)c3ccc4c(c3)c3cnccc3n4-c3ccccc3)cc2)cc1. The van der Waals surface area contributed by atoms with Gasteiger partial charge >= 0.3 is 0 Å². The summed E-state index contributed by atoms with van der Waals surface area (Å²) >= 11 is 0. The Morgan fingerprint density at radius 1 is 0.409 bits per heavy atom. The van der Waals surface area contributed by atoms with Crippen LogP contribution >= 0.6 is 0 Å². The summed E-state index contributed by atoms with van der Waals surface area (Å²) in [5.41, 5.74) is 5.96. The quantitative estimate of drug-likeness (QED) is 0.150. The van der Waals surface area contributed by atoms with Crippen molar-refractivity contribution in [3.05, 3.63) is 182 Å². The number of fused-ring (bicyclic) bond motifs is 3. The molecule has 0 aliphatic heterocycles. The van der Waals surface area contributed by atoms with Crippen LogP contribution < -0.4 is 20.7 Å². The monoisotopic (exact) mass is 578 g/mol. The average Bonchev–Trinajstić information content (AvgIpc) is 3.44. The first kappa shape index (κ1) is 26.1. The zero-order chi connectivity index (χ0) is 29.3. The fourth-order valence-electron chi connectivity index (χ4n) is 6.87. The molecule has 6 aromatic carbocycles. The maximum absolute atomic E-state index is 4.57. The Hall–Kier alpha value is -5.51. The molecule has 44 heavy (non-hydrogen) atoms. The van der Waals surface area contributed by atoms with Gasteiger partial charge in [-0.15, -0.1) is 0 Å². The minimum absolute atomic E-state index is 1.15. The number of hydrogen-bond acceptors (Lipinski definition) is 1. The van der Waals surface area contributed by atoms with Crippen LogP contribution in [0.3, 0.4) is 0 Å². The van der Waals surface area contributed by atoms with E-state index in [-0.39, 0.29) is 0 Å². The topological polar surface area (TPSA) is 17.8 Å². The predicted octanol–water partition coefficient (Wildman–Crippen LogP) is 7.22. The Kier molecular flexibility index (Phi) is 6.51. The molecule has 0 bridgehead atoms. The van der Waals surface area contributed by atoms with E-state index in [4.69, 9.17) is 0 Å². The predicted molar refractivity (Wildman–Crippen MR) is 188 cm³/mol. The van der Waals surface area contributed by atoms with Crippen LogP contribution in [0.25, 0.3) is 38.6 Å². The molecule has 208 valence electrons. The maximum atomic E-state index is 4.57. The summed E-state index contributed by atoms with van der Waals surface area (Å²) in [5, 5.41) is 7.83. The van der Waals surface area contributed by atoms with Gasteiger partial charge in [0.15, 0.2) is 8.07 Å². The lowest BCUT2D eigenvalue weighted by molar-refractivity contribution is 1.17. The third-order valence-electron chi connectivity index (χ3n) is 8.85. The number of aromatic nitrogens is 2. The van der Waals surface area contributed by atoms with E-state index in [1.165, 1.54) is 42.8 Å². The molecular weight excluding hydrogens is 549 g/mol. The second-order valence-electron chi connectivity index (χ2n) is 11.2. The molecule has 2 nitrogen and oxygen atoms in total. The lowest BCUT2D eigenvalue weighted by atomic mass is 10.1. The van der Waals surface area contributed by atoms with Gasteiger partial charge in [0.1, 0.15) is 0 Å². The molecule has 0 saturated carbocycles. The molecule has 2 heterocycles. The van der Waals surface area contributed by atoms with Gasteiger partial charge in [0, 0.05) is 28.9 Å². The molecule has 0 spiro atoms. The lowest BCUT2D eigenvalue weighted by Crippen LogP contribution is -2.74. The minimum atomic E-state index is -2.73. The second kappa shape index (κ2) is 11.0. The Bertz CT molecular complexity index is 2150. The van der Waals surface area contributed by atoms with Gasteiger partial charge in [-0.2, -0.15) is 0 Å². The molecule has 0 amide bonds. The summed E-state index contributed by atoms with van der Waals surface area (Å²) in [6.07, 6.45) is 3.91. The summed E-state index contributed by atoms with van der Waals surface area (Å²) < 4.78 is 2.36. The van der Waals surface area contributed by atoms with Crippen LogP contribution in [-0.2, 0) is 0 Å². The molecule has 2 aromatic heterocycles. The van der Waals surface area contributed by atoms with Crippen molar-refractivity contribution in [2.24, 2.45) is 0 Å². The van der Waals surface area contributed by atoms with Crippen molar-refractivity contribution in [2.45, 2.75) is 0 Å². The van der Waals surface area contributed by atoms with Gasteiger partial charge in [-0.25, -0.2) is 0 Å². The highest BCUT2D eigenvalue weighted by Gasteiger charge is 2.41. The number of benzene rings is 6. The molecule has 0 atom stereocenters. The average molecular weight is 579 g/mol. The van der Waals surface area contributed by atoms with E-state index in [0.29, 0.717) is 0 Å². The van der Waals surface area contributed by atoms with E-state index in [1.807, 2.05) is 12.4 Å². The number of para-hydroxylation sites is 1. The zero-order valence-corrected chi connectivity index (χ0v) is 25.2. The third-order valence-corrected chi connectivity index (χ3v) is 13.6. The fraction of sp³-hybridized carbons (Fsp3) is 0. The smallest absolute Gasteiger partial charge is 0.179 e. The van der Waals surface area contributed by atoms with Crippen molar-refractivity contribution in [1.29, 1.82) is 0 Å². The van der Waals surface area contributed by atoms with Gasteiger partial charge in [-0.05, 0) is 56.1 Å². The van der Waals surface area contributed by atoms with Gasteiger partial charge in [0.05, 0.1) is 11.0 Å².